The fraction of sp³-hybridized carbons (Fsp3) is 0.174. The lowest BCUT2D eigenvalue weighted by Gasteiger charge is -2.07. The summed E-state index contributed by atoms with van der Waals surface area (Å²) >= 11 is 0. The van der Waals surface area contributed by atoms with Crippen LogP contribution in [0, 0.1) is 0 Å². The second-order valence-corrected chi connectivity index (χ2v) is 6.86. The number of amides is 1. The normalized spacial score (nSPS) is 11.5. The number of carbonyl (C=O) groups is 1. The first-order valence-electron chi connectivity index (χ1n) is 9.88. The summed E-state index contributed by atoms with van der Waals surface area (Å²) in [5.74, 6) is 0.421. The van der Waals surface area contributed by atoms with Crippen LogP contribution in [0.3, 0.4) is 0 Å². The summed E-state index contributed by atoms with van der Waals surface area (Å²) in [6.07, 6.45) is 2.85. The molecule has 4 aromatic rings. The van der Waals surface area contributed by atoms with Crippen molar-refractivity contribution < 1.29 is 4.79 Å². The van der Waals surface area contributed by atoms with E-state index >= 15 is 0 Å². The molecule has 4 rings (SSSR count). The van der Waals surface area contributed by atoms with Crippen molar-refractivity contribution in [3.8, 4) is 11.4 Å². The number of nitrogens with zero attached hydrogens (tertiary/aromatic N) is 6. The van der Waals surface area contributed by atoms with E-state index in [4.69, 9.17) is 0 Å². The number of benzene rings is 2. The number of hydrogen-bond donors (Lipinski definition) is 0. The Kier molecular flexibility index (Phi) is 6.19. The van der Waals surface area contributed by atoms with Crippen LogP contribution in [0.1, 0.15) is 18.4 Å². The van der Waals surface area contributed by atoms with Crippen molar-refractivity contribution in [2.24, 2.45) is 4.99 Å². The van der Waals surface area contributed by atoms with Crippen LogP contribution < -0.4 is 5.49 Å². The zero-order valence-corrected chi connectivity index (χ0v) is 16.5. The van der Waals surface area contributed by atoms with Gasteiger partial charge in [0.05, 0.1) is 6.54 Å². The van der Waals surface area contributed by atoms with Gasteiger partial charge in [-0.15, -0.1) is 10.2 Å². The van der Waals surface area contributed by atoms with E-state index in [1.165, 1.54) is 4.80 Å². The molecular formula is C23H22N6O. The van der Waals surface area contributed by atoms with E-state index in [-0.39, 0.29) is 5.91 Å². The maximum atomic E-state index is 12.4. The summed E-state index contributed by atoms with van der Waals surface area (Å²) in [6.45, 7) is 1.18. The quantitative estimate of drug-likeness (QED) is 0.479. The molecule has 7 heteroatoms. The van der Waals surface area contributed by atoms with Gasteiger partial charge in [0.2, 0.25) is 11.7 Å². The zero-order chi connectivity index (χ0) is 20.6. The summed E-state index contributed by atoms with van der Waals surface area (Å²) in [7, 11) is 0. The molecule has 0 saturated heterocycles. The Morgan fingerprint density at radius 2 is 1.63 bits per heavy atom. The summed E-state index contributed by atoms with van der Waals surface area (Å²) in [6, 6.07) is 25.5. The van der Waals surface area contributed by atoms with Crippen molar-refractivity contribution >= 4 is 5.91 Å². The monoisotopic (exact) mass is 398 g/mol. The highest BCUT2D eigenvalue weighted by molar-refractivity contribution is 5.76. The van der Waals surface area contributed by atoms with Gasteiger partial charge in [0.25, 0.3) is 0 Å². The summed E-state index contributed by atoms with van der Waals surface area (Å²) in [5, 5.41) is 12.5. The fourth-order valence-corrected chi connectivity index (χ4v) is 3.08. The molecule has 0 unspecified atom stereocenters. The second kappa shape index (κ2) is 9.56. The molecule has 0 N–H and O–H groups in total. The second-order valence-electron chi connectivity index (χ2n) is 6.86. The highest BCUT2D eigenvalue weighted by Gasteiger charge is 2.06. The smallest absolute Gasteiger partial charge is 0.247 e. The molecule has 2 heterocycles. The minimum Gasteiger partial charge on any atom is -0.329 e. The topological polar surface area (TPSA) is 78.0 Å². The molecule has 0 spiro atoms. The van der Waals surface area contributed by atoms with E-state index in [2.05, 4.69) is 32.5 Å². The van der Waals surface area contributed by atoms with Crippen LogP contribution in [0.25, 0.3) is 11.4 Å². The molecule has 0 saturated carbocycles. The summed E-state index contributed by atoms with van der Waals surface area (Å²) in [5.41, 5.74) is 2.72. The lowest BCUT2D eigenvalue weighted by Crippen LogP contribution is -2.22. The third-order valence-electron chi connectivity index (χ3n) is 4.59. The summed E-state index contributed by atoms with van der Waals surface area (Å²) in [4.78, 5) is 18.2. The van der Waals surface area contributed by atoms with E-state index in [1.807, 2.05) is 77.5 Å². The van der Waals surface area contributed by atoms with Gasteiger partial charge in [0.1, 0.15) is 5.49 Å². The van der Waals surface area contributed by atoms with Gasteiger partial charge >= 0.3 is 0 Å². The zero-order valence-electron chi connectivity index (χ0n) is 16.5. The van der Waals surface area contributed by atoms with Gasteiger partial charge in [-0.25, -0.2) is 0 Å². The van der Waals surface area contributed by atoms with E-state index < -0.39 is 0 Å². The van der Waals surface area contributed by atoms with Crippen LogP contribution in [0.4, 0.5) is 0 Å². The number of pyridine rings is 1. The minimum atomic E-state index is -0.161. The molecule has 0 aliphatic rings. The molecular weight excluding hydrogens is 376 g/mol. The number of aryl methyl sites for hydroxylation is 1. The number of rotatable bonds is 7. The van der Waals surface area contributed by atoms with Crippen LogP contribution >= 0.6 is 0 Å². The average molecular weight is 398 g/mol. The Morgan fingerprint density at radius 1 is 0.900 bits per heavy atom. The number of hydrogen-bond acceptors (Lipinski definition) is 4. The molecule has 0 radical (unpaired) electrons. The van der Waals surface area contributed by atoms with Crippen molar-refractivity contribution in [2.45, 2.75) is 25.9 Å². The minimum absolute atomic E-state index is 0.161. The van der Waals surface area contributed by atoms with E-state index in [0.717, 1.165) is 11.1 Å². The van der Waals surface area contributed by atoms with Crippen molar-refractivity contribution in [1.82, 2.24) is 24.8 Å². The Hall–Kier alpha value is -3.87. The lowest BCUT2D eigenvalue weighted by molar-refractivity contribution is -0.118. The first-order chi connectivity index (χ1) is 14.8. The molecule has 150 valence electrons. The standard InChI is InChI=1S/C23H22N6O/c30-22(15-9-17-29-26-23(25-27-29)20-12-5-2-6-13-20)24-21-14-7-8-16-28(21)18-19-10-3-1-4-11-19/h1-8,10-14,16H,9,15,17-18H2. The third kappa shape index (κ3) is 5.14. The number of aromatic nitrogens is 5. The van der Waals surface area contributed by atoms with Crippen molar-refractivity contribution in [3.05, 3.63) is 96.1 Å². The van der Waals surface area contributed by atoms with Crippen molar-refractivity contribution in [1.29, 1.82) is 0 Å². The lowest BCUT2D eigenvalue weighted by atomic mass is 10.2. The third-order valence-corrected chi connectivity index (χ3v) is 4.59. The molecule has 1 amide bonds. The molecule has 0 aliphatic heterocycles. The predicted octanol–water partition coefficient (Wildman–Crippen LogP) is 3.10. The molecule has 0 fully saturated rings. The fourth-order valence-electron chi connectivity index (χ4n) is 3.08. The van der Waals surface area contributed by atoms with Crippen LogP contribution in [-0.2, 0) is 17.9 Å². The Balaban J connectivity index is 1.36. The van der Waals surface area contributed by atoms with Crippen LogP contribution in [0.15, 0.2) is 90.1 Å². The van der Waals surface area contributed by atoms with E-state index in [1.54, 1.807) is 0 Å². The molecule has 2 aromatic carbocycles. The largest absolute Gasteiger partial charge is 0.329 e. The predicted molar refractivity (Wildman–Crippen MR) is 113 cm³/mol. The Labute approximate surface area is 174 Å². The van der Waals surface area contributed by atoms with Gasteiger partial charge < -0.3 is 4.57 Å². The van der Waals surface area contributed by atoms with Crippen LogP contribution in [0.5, 0.6) is 0 Å². The first kappa shape index (κ1) is 19.4. The maximum absolute atomic E-state index is 12.4. The van der Waals surface area contributed by atoms with Crippen LogP contribution in [-0.4, -0.2) is 30.7 Å². The molecule has 0 bridgehead atoms. The molecule has 0 aliphatic carbocycles. The van der Waals surface area contributed by atoms with Crippen molar-refractivity contribution in [2.75, 3.05) is 0 Å². The first-order valence-corrected chi connectivity index (χ1v) is 9.88. The van der Waals surface area contributed by atoms with Gasteiger partial charge in [0, 0.05) is 24.7 Å². The van der Waals surface area contributed by atoms with Crippen molar-refractivity contribution in [3.63, 3.8) is 0 Å². The SMILES string of the molecule is O=C(CCCn1nnc(-c2ccccc2)n1)N=c1ccccn1Cc1ccccc1. The number of tetrazole rings is 1. The van der Waals surface area contributed by atoms with Crippen LogP contribution in [0.2, 0.25) is 0 Å². The number of carbonyl (C=O) groups excluding carboxylic acids is 1. The molecule has 2 aromatic heterocycles. The molecule has 30 heavy (non-hydrogen) atoms. The highest BCUT2D eigenvalue weighted by atomic mass is 16.1. The highest BCUT2D eigenvalue weighted by Crippen LogP contribution is 2.11. The van der Waals surface area contributed by atoms with E-state index in [0.29, 0.717) is 37.2 Å². The Bertz CT molecular complexity index is 1160. The van der Waals surface area contributed by atoms with Gasteiger partial charge in [-0.05, 0) is 29.3 Å². The van der Waals surface area contributed by atoms with E-state index in [9.17, 15) is 4.79 Å². The molecule has 0 atom stereocenters. The van der Waals surface area contributed by atoms with Gasteiger partial charge in [-0.3, -0.25) is 4.79 Å². The Morgan fingerprint density at radius 3 is 2.43 bits per heavy atom. The van der Waals surface area contributed by atoms with Gasteiger partial charge in [0.15, 0.2) is 0 Å². The van der Waals surface area contributed by atoms with Gasteiger partial charge in [-0.1, -0.05) is 66.7 Å². The summed E-state index contributed by atoms with van der Waals surface area (Å²) < 4.78 is 1.97. The molecule has 7 nitrogen and oxygen atoms in total. The van der Waals surface area contributed by atoms with Gasteiger partial charge in [-0.2, -0.15) is 9.79 Å². The average Bonchev–Trinajstić information content (AvgIpc) is 3.25. The maximum Gasteiger partial charge on any atom is 0.247 e.